The van der Waals surface area contributed by atoms with Gasteiger partial charge in [0.2, 0.25) is 0 Å². The van der Waals surface area contributed by atoms with Crippen LogP contribution in [0.25, 0.3) is 0 Å². The van der Waals surface area contributed by atoms with Crippen LogP contribution in [-0.2, 0) is 4.74 Å². The third kappa shape index (κ3) is 5.24. The second-order valence-corrected chi connectivity index (χ2v) is 8.32. The normalized spacial score (nSPS) is 21.6. The highest BCUT2D eigenvalue weighted by atomic mass is 19.4. The number of carbonyl (C=O) groups is 1. The van der Waals surface area contributed by atoms with E-state index in [1.807, 2.05) is 31.2 Å². The summed E-state index contributed by atoms with van der Waals surface area (Å²) in [5.41, 5.74) is 1.79. The van der Waals surface area contributed by atoms with Gasteiger partial charge in [0, 0.05) is 32.1 Å². The van der Waals surface area contributed by atoms with Gasteiger partial charge in [0.25, 0.3) is 5.91 Å². The number of nitrogens with zero attached hydrogens (tertiary/aromatic N) is 3. The molecule has 0 spiro atoms. The lowest BCUT2D eigenvalue weighted by Gasteiger charge is -2.33. The first-order chi connectivity index (χ1) is 15.3. The molecule has 1 aromatic carbocycles. The monoisotopic (exact) mass is 451 g/mol. The van der Waals surface area contributed by atoms with Crippen molar-refractivity contribution in [1.82, 2.24) is 20.0 Å². The van der Waals surface area contributed by atoms with Crippen molar-refractivity contribution in [3.8, 4) is 0 Å². The first kappa shape index (κ1) is 22.6. The van der Waals surface area contributed by atoms with Gasteiger partial charge >= 0.3 is 6.18 Å². The van der Waals surface area contributed by atoms with Crippen molar-refractivity contribution in [1.29, 1.82) is 0 Å². The number of aryl methyl sites for hydroxylation is 1. The van der Waals surface area contributed by atoms with E-state index in [4.69, 9.17) is 4.74 Å². The van der Waals surface area contributed by atoms with E-state index in [1.54, 1.807) is 0 Å². The first-order valence-electron chi connectivity index (χ1n) is 10.9. The number of nitrogens with one attached hydrogen (secondary N) is 2. The van der Waals surface area contributed by atoms with Crippen LogP contribution in [0.4, 0.5) is 19.0 Å². The van der Waals surface area contributed by atoms with E-state index in [0.29, 0.717) is 19.8 Å². The quantitative estimate of drug-likeness (QED) is 0.660. The molecule has 3 heterocycles. The lowest BCUT2D eigenvalue weighted by molar-refractivity contribution is -0.173. The van der Waals surface area contributed by atoms with Crippen LogP contribution < -0.4 is 10.6 Å². The number of ether oxygens (including phenoxy) is 1. The van der Waals surface area contributed by atoms with Crippen LogP contribution in [0.1, 0.15) is 46.5 Å². The molecule has 1 amide bonds. The molecule has 1 aromatic heterocycles. The highest BCUT2D eigenvalue weighted by molar-refractivity contribution is 5.93. The fourth-order valence-electron chi connectivity index (χ4n) is 4.12. The van der Waals surface area contributed by atoms with Crippen LogP contribution >= 0.6 is 0 Å². The van der Waals surface area contributed by atoms with Gasteiger partial charge in [-0.25, -0.2) is 4.68 Å². The molecule has 2 aliphatic heterocycles. The summed E-state index contributed by atoms with van der Waals surface area (Å²) in [5, 5.41) is 9.90. The molecule has 32 heavy (non-hydrogen) atoms. The van der Waals surface area contributed by atoms with Gasteiger partial charge in [0.15, 0.2) is 11.7 Å². The topological polar surface area (TPSA) is 71.4 Å². The molecular formula is C22H28F3N5O2. The molecule has 0 unspecified atom stereocenters. The number of hydrogen-bond donors (Lipinski definition) is 2. The second-order valence-electron chi connectivity index (χ2n) is 8.32. The van der Waals surface area contributed by atoms with Crippen molar-refractivity contribution in [2.45, 2.75) is 38.0 Å². The molecule has 174 valence electrons. The summed E-state index contributed by atoms with van der Waals surface area (Å²) in [6.45, 7) is 6.35. The molecule has 0 bridgehead atoms. The Morgan fingerprint density at radius 3 is 2.66 bits per heavy atom. The van der Waals surface area contributed by atoms with Crippen molar-refractivity contribution >= 4 is 11.7 Å². The van der Waals surface area contributed by atoms with Gasteiger partial charge < -0.3 is 15.4 Å². The number of fused-ring (bicyclic) bond motifs is 1. The van der Waals surface area contributed by atoms with E-state index in [-0.39, 0.29) is 17.9 Å². The van der Waals surface area contributed by atoms with Crippen LogP contribution in [-0.4, -0.2) is 66.2 Å². The van der Waals surface area contributed by atoms with E-state index >= 15 is 0 Å². The molecule has 2 atom stereocenters. The van der Waals surface area contributed by atoms with Crippen molar-refractivity contribution < 1.29 is 22.7 Å². The SMILES string of the molecule is Cc1ccc([C@H]2C[C@@H](C(F)(F)F)n3nc(C(=O)NCCCN4CCOCC4)cc3N2)cc1. The Bertz CT molecular complexity index is 923. The smallest absolute Gasteiger partial charge is 0.379 e. The number of amides is 1. The Balaban J connectivity index is 1.42. The number of benzene rings is 1. The minimum atomic E-state index is -4.47. The fraction of sp³-hybridized carbons (Fsp3) is 0.545. The van der Waals surface area contributed by atoms with Crippen LogP contribution in [0.5, 0.6) is 0 Å². The molecule has 0 saturated carbocycles. The fourth-order valence-corrected chi connectivity index (χ4v) is 4.12. The van der Waals surface area contributed by atoms with Gasteiger partial charge in [-0.05, 0) is 25.5 Å². The average molecular weight is 451 g/mol. The highest BCUT2D eigenvalue weighted by Gasteiger charge is 2.46. The van der Waals surface area contributed by atoms with Gasteiger partial charge in [-0.1, -0.05) is 29.8 Å². The third-order valence-corrected chi connectivity index (χ3v) is 5.94. The zero-order valence-corrected chi connectivity index (χ0v) is 18.0. The average Bonchev–Trinajstić information content (AvgIpc) is 3.21. The van der Waals surface area contributed by atoms with Gasteiger partial charge in [-0.15, -0.1) is 0 Å². The largest absolute Gasteiger partial charge is 0.410 e. The number of aromatic nitrogens is 2. The Morgan fingerprint density at radius 1 is 1.25 bits per heavy atom. The molecule has 2 aromatic rings. The summed E-state index contributed by atoms with van der Waals surface area (Å²) in [7, 11) is 0. The zero-order chi connectivity index (χ0) is 22.7. The summed E-state index contributed by atoms with van der Waals surface area (Å²) < 4.78 is 47.6. The lowest BCUT2D eigenvalue weighted by Crippen LogP contribution is -2.38. The molecule has 4 rings (SSSR count). The third-order valence-electron chi connectivity index (χ3n) is 5.94. The number of carbonyl (C=O) groups excluding carboxylic acids is 1. The molecule has 1 saturated heterocycles. The molecule has 2 aliphatic rings. The van der Waals surface area contributed by atoms with Crippen LogP contribution in [0.15, 0.2) is 30.3 Å². The van der Waals surface area contributed by atoms with Gasteiger partial charge in [-0.3, -0.25) is 9.69 Å². The summed E-state index contributed by atoms with van der Waals surface area (Å²) in [6.07, 6.45) is -3.92. The summed E-state index contributed by atoms with van der Waals surface area (Å²) in [4.78, 5) is 14.8. The predicted molar refractivity (Wildman–Crippen MR) is 114 cm³/mol. The Morgan fingerprint density at radius 2 is 1.97 bits per heavy atom. The van der Waals surface area contributed by atoms with Crippen molar-refractivity contribution in [2.75, 3.05) is 44.7 Å². The molecule has 0 radical (unpaired) electrons. The maximum Gasteiger partial charge on any atom is 0.410 e. The summed E-state index contributed by atoms with van der Waals surface area (Å²) >= 11 is 0. The number of anilines is 1. The van der Waals surface area contributed by atoms with Crippen LogP contribution in [0.3, 0.4) is 0 Å². The van der Waals surface area contributed by atoms with E-state index in [2.05, 4.69) is 20.6 Å². The van der Waals surface area contributed by atoms with E-state index in [9.17, 15) is 18.0 Å². The van der Waals surface area contributed by atoms with Crippen LogP contribution in [0.2, 0.25) is 0 Å². The minimum Gasteiger partial charge on any atom is -0.379 e. The first-order valence-corrected chi connectivity index (χ1v) is 10.9. The maximum atomic E-state index is 13.8. The summed E-state index contributed by atoms with van der Waals surface area (Å²) in [6, 6.07) is 6.49. The maximum absolute atomic E-state index is 13.8. The molecular weight excluding hydrogens is 423 g/mol. The second kappa shape index (κ2) is 9.50. The standard InChI is InChI=1S/C22H28F3N5O2/c1-15-3-5-16(6-4-15)17-13-19(22(23,24)25)30-20(27-17)14-18(28-30)21(31)26-7-2-8-29-9-11-32-12-10-29/h3-6,14,17,19,27H,2,7-13H2,1H3,(H,26,31)/t17-,19+/m1/s1. The van der Waals surface area contributed by atoms with Gasteiger partial charge in [0.05, 0.1) is 19.3 Å². The Labute approximate surface area is 184 Å². The highest BCUT2D eigenvalue weighted by Crippen LogP contribution is 2.43. The number of rotatable bonds is 6. The van der Waals surface area contributed by atoms with E-state index < -0.39 is 24.2 Å². The molecule has 7 nitrogen and oxygen atoms in total. The zero-order valence-electron chi connectivity index (χ0n) is 18.0. The Hall–Kier alpha value is -2.59. The van der Waals surface area contributed by atoms with Crippen molar-refractivity contribution in [3.05, 3.63) is 47.2 Å². The molecule has 2 N–H and O–H groups in total. The van der Waals surface area contributed by atoms with Gasteiger partial charge in [0.1, 0.15) is 5.82 Å². The summed E-state index contributed by atoms with van der Waals surface area (Å²) in [5.74, 6) is -0.272. The van der Waals surface area contributed by atoms with Crippen molar-refractivity contribution in [3.63, 3.8) is 0 Å². The molecule has 0 aliphatic carbocycles. The van der Waals surface area contributed by atoms with Crippen molar-refractivity contribution in [2.24, 2.45) is 0 Å². The molecule has 1 fully saturated rings. The van der Waals surface area contributed by atoms with E-state index in [0.717, 1.165) is 41.9 Å². The lowest BCUT2D eigenvalue weighted by atomic mass is 9.96. The molecule has 10 heteroatoms. The number of morpholine rings is 1. The minimum absolute atomic E-state index is 0.0160. The number of hydrogen-bond acceptors (Lipinski definition) is 5. The predicted octanol–water partition coefficient (Wildman–Crippen LogP) is 3.30. The Kier molecular flexibility index (Phi) is 6.71. The van der Waals surface area contributed by atoms with Crippen LogP contribution in [0, 0.1) is 6.92 Å². The number of alkyl halides is 3. The van der Waals surface area contributed by atoms with E-state index in [1.165, 1.54) is 6.07 Å². The van der Waals surface area contributed by atoms with Gasteiger partial charge in [-0.2, -0.15) is 18.3 Å². The number of halogens is 3.